The maximum atomic E-state index is 3.56. The van der Waals surface area contributed by atoms with Crippen molar-refractivity contribution < 1.29 is 0 Å². The molecule has 16 heavy (non-hydrogen) atoms. The molecule has 0 aromatic heterocycles. The normalized spacial score (nSPS) is 25.5. The Labute approximate surface area is 101 Å². The van der Waals surface area contributed by atoms with Crippen LogP contribution in [0.4, 0.5) is 0 Å². The van der Waals surface area contributed by atoms with Crippen LogP contribution < -0.4 is 5.32 Å². The minimum atomic E-state index is 0.619. The molecular formula is C13H29N3. The van der Waals surface area contributed by atoms with Gasteiger partial charge in [-0.25, -0.2) is 0 Å². The molecule has 2 unspecified atom stereocenters. The number of hydrogen-bond donors (Lipinski definition) is 1. The van der Waals surface area contributed by atoms with Crippen molar-refractivity contribution in [1.82, 2.24) is 15.1 Å². The molecule has 0 amide bonds. The van der Waals surface area contributed by atoms with Crippen LogP contribution in [-0.2, 0) is 0 Å². The number of likely N-dealkylation sites (N-methyl/N-ethyl adjacent to an activating group) is 2. The molecule has 0 heterocycles. The molecule has 1 fully saturated rings. The highest BCUT2D eigenvalue weighted by molar-refractivity contribution is 4.89. The van der Waals surface area contributed by atoms with Crippen LogP contribution >= 0.6 is 0 Å². The Morgan fingerprint density at radius 1 is 1.12 bits per heavy atom. The Morgan fingerprint density at radius 3 is 2.25 bits per heavy atom. The van der Waals surface area contributed by atoms with E-state index in [1.54, 1.807) is 0 Å². The average Bonchev–Trinajstić information content (AvgIpc) is 2.12. The Morgan fingerprint density at radius 2 is 1.81 bits per heavy atom. The predicted molar refractivity (Wildman–Crippen MR) is 70.8 cm³/mol. The maximum Gasteiger partial charge on any atom is 0.0133 e. The third-order valence-corrected chi connectivity index (χ3v) is 3.63. The Bertz CT molecular complexity index is 178. The first-order valence-corrected chi connectivity index (χ1v) is 6.59. The first kappa shape index (κ1) is 13.9. The molecule has 0 saturated heterocycles. The van der Waals surface area contributed by atoms with E-state index in [0.717, 1.165) is 18.5 Å². The van der Waals surface area contributed by atoms with Gasteiger partial charge in [-0.2, -0.15) is 0 Å². The van der Waals surface area contributed by atoms with E-state index in [4.69, 9.17) is 0 Å². The van der Waals surface area contributed by atoms with Crippen LogP contribution in [0.15, 0.2) is 0 Å². The summed E-state index contributed by atoms with van der Waals surface area (Å²) in [7, 11) is 6.56. The zero-order valence-electron chi connectivity index (χ0n) is 11.7. The minimum Gasteiger partial charge on any atom is -0.314 e. The fourth-order valence-corrected chi connectivity index (χ4v) is 2.28. The molecule has 3 heteroatoms. The first-order chi connectivity index (χ1) is 7.50. The van der Waals surface area contributed by atoms with Gasteiger partial charge in [0.2, 0.25) is 0 Å². The molecule has 1 saturated carbocycles. The molecule has 96 valence electrons. The molecule has 1 aliphatic rings. The van der Waals surface area contributed by atoms with E-state index in [0.29, 0.717) is 6.04 Å². The second-order valence-corrected chi connectivity index (χ2v) is 5.75. The van der Waals surface area contributed by atoms with E-state index < -0.39 is 0 Å². The van der Waals surface area contributed by atoms with Gasteiger partial charge in [0, 0.05) is 25.2 Å². The lowest BCUT2D eigenvalue weighted by Gasteiger charge is -2.43. The number of nitrogens with zero attached hydrogens (tertiary/aromatic N) is 2. The van der Waals surface area contributed by atoms with E-state index in [2.05, 4.69) is 50.1 Å². The van der Waals surface area contributed by atoms with Crippen LogP contribution in [0.5, 0.6) is 0 Å². The predicted octanol–water partition coefficient (Wildman–Crippen LogP) is 1.26. The van der Waals surface area contributed by atoms with Crippen LogP contribution in [-0.4, -0.2) is 62.7 Å². The van der Waals surface area contributed by atoms with Gasteiger partial charge in [0.05, 0.1) is 0 Å². The highest BCUT2D eigenvalue weighted by Gasteiger charge is 2.33. The monoisotopic (exact) mass is 227 g/mol. The van der Waals surface area contributed by atoms with Crippen molar-refractivity contribution in [3.05, 3.63) is 0 Å². The van der Waals surface area contributed by atoms with Crippen molar-refractivity contribution in [3.63, 3.8) is 0 Å². The van der Waals surface area contributed by atoms with Crippen LogP contribution in [0.25, 0.3) is 0 Å². The summed E-state index contributed by atoms with van der Waals surface area (Å²) in [5, 5.41) is 3.56. The number of nitrogens with one attached hydrogen (secondary N) is 1. The standard InChI is InChI=1S/C13H29N3/c1-11(2)14-10-12-6-7-13(12)16(5)9-8-15(3)4/h11-14H,6-10H2,1-5H3. The van der Waals surface area contributed by atoms with Gasteiger partial charge in [-0.15, -0.1) is 0 Å². The lowest BCUT2D eigenvalue weighted by Crippen LogP contribution is -2.51. The fraction of sp³-hybridized carbons (Fsp3) is 1.00. The molecule has 1 aliphatic carbocycles. The molecule has 1 N–H and O–H groups in total. The lowest BCUT2D eigenvalue weighted by atomic mass is 9.78. The quantitative estimate of drug-likeness (QED) is 0.706. The zero-order chi connectivity index (χ0) is 12.1. The maximum absolute atomic E-state index is 3.56. The fourth-order valence-electron chi connectivity index (χ4n) is 2.28. The summed E-state index contributed by atoms with van der Waals surface area (Å²) in [6, 6.07) is 1.43. The summed E-state index contributed by atoms with van der Waals surface area (Å²) in [5.41, 5.74) is 0. The summed E-state index contributed by atoms with van der Waals surface area (Å²) in [6.07, 6.45) is 2.78. The average molecular weight is 227 g/mol. The van der Waals surface area contributed by atoms with E-state index in [1.807, 2.05) is 0 Å². The van der Waals surface area contributed by atoms with Crippen LogP contribution in [0.3, 0.4) is 0 Å². The van der Waals surface area contributed by atoms with Crippen molar-refractivity contribution in [3.8, 4) is 0 Å². The third-order valence-electron chi connectivity index (χ3n) is 3.63. The molecular weight excluding hydrogens is 198 g/mol. The lowest BCUT2D eigenvalue weighted by molar-refractivity contribution is 0.0773. The van der Waals surface area contributed by atoms with Gasteiger partial charge in [-0.05, 0) is 46.4 Å². The summed E-state index contributed by atoms with van der Waals surface area (Å²) < 4.78 is 0. The van der Waals surface area contributed by atoms with Crippen molar-refractivity contribution >= 4 is 0 Å². The molecule has 0 aromatic rings. The van der Waals surface area contributed by atoms with Crippen LogP contribution in [0.2, 0.25) is 0 Å². The van der Waals surface area contributed by atoms with Gasteiger partial charge < -0.3 is 15.1 Å². The molecule has 0 aliphatic heterocycles. The van der Waals surface area contributed by atoms with Crippen molar-refractivity contribution in [2.75, 3.05) is 40.8 Å². The van der Waals surface area contributed by atoms with Gasteiger partial charge >= 0.3 is 0 Å². The number of rotatable bonds is 7. The molecule has 0 spiro atoms. The Kier molecular flexibility index (Phi) is 5.73. The molecule has 0 bridgehead atoms. The smallest absolute Gasteiger partial charge is 0.0133 e. The summed E-state index contributed by atoms with van der Waals surface area (Å²) in [6.45, 7) is 7.99. The van der Waals surface area contributed by atoms with E-state index in [-0.39, 0.29) is 0 Å². The molecule has 0 aromatic carbocycles. The molecule has 1 rings (SSSR count). The summed E-state index contributed by atoms with van der Waals surface area (Å²) in [5.74, 6) is 0.870. The van der Waals surface area contributed by atoms with Gasteiger partial charge in [-0.1, -0.05) is 13.8 Å². The van der Waals surface area contributed by atoms with Crippen molar-refractivity contribution in [1.29, 1.82) is 0 Å². The van der Waals surface area contributed by atoms with Gasteiger partial charge in [-0.3, -0.25) is 0 Å². The van der Waals surface area contributed by atoms with Gasteiger partial charge in [0.15, 0.2) is 0 Å². The van der Waals surface area contributed by atoms with Crippen LogP contribution in [0.1, 0.15) is 26.7 Å². The number of hydrogen-bond acceptors (Lipinski definition) is 3. The van der Waals surface area contributed by atoms with Crippen LogP contribution in [0, 0.1) is 5.92 Å². The van der Waals surface area contributed by atoms with Crippen molar-refractivity contribution in [2.24, 2.45) is 5.92 Å². The van der Waals surface area contributed by atoms with E-state index >= 15 is 0 Å². The van der Waals surface area contributed by atoms with Gasteiger partial charge in [0.25, 0.3) is 0 Å². The topological polar surface area (TPSA) is 18.5 Å². The molecule has 3 nitrogen and oxygen atoms in total. The zero-order valence-corrected chi connectivity index (χ0v) is 11.7. The SMILES string of the molecule is CC(C)NCC1CCC1N(C)CCN(C)C. The summed E-state index contributed by atoms with van der Waals surface area (Å²) >= 11 is 0. The van der Waals surface area contributed by atoms with Crippen molar-refractivity contribution in [2.45, 2.75) is 38.8 Å². The third kappa shape index (κ3) is 4.40. The Balaban J connectivity index is 2.20. The van der Waals surface area contributed by atoms with Gasteiger partial charge in [0.1, 0.15) is 0 Å². The highest BCUT2D eigenvalue weighted by Crippen LogP contribution is 2.30. The second kappa shape index (κ2) is 6.58. The minimum absolute atomic E-state index is 0.619. The largest absolute Gasteiger partial charge is 0.314 e. The summed E-state index contributed by atoms with van der Waals surface area (Å²) in [4.78, 5) is 4.80. The highest BCUT2D eigenvalue weighted by atomic mass is 15.2. The molecule has 2 atom stereocenters. The first-order valence-electron chi connectivity index (χ1n) is 6.59. The Hall–Kier alpha value is -0.120. The molecule has 0 radical (unpaired) electrons. The van der Waals surface area contributed by atoms with E-state index in [9.17, 15) is 0 Å². The van der Waals surface area contributed by atoms with E-state index in [1.165, 1.54) is 25.9 Å². The second-order valence-electron chi connectivity index (χ2n) is 5.75.